The van der Waals surface area contributed by atoms with Gasteiger partial charge in [-0.3, -0.25) is 9.05 Å². The molecule has 0 aliphatic carbocycles. The minimum atomic E-state index is -3.96. The summed E-state index contributed by atoms with van der Waals surface area (Å²) in [6.45, 7) is 6.93. The lowest BCUT2D eigenvalue weighted by molar-refractivity contribution is 0.0887. The second-order valence-electron chi connectivity index (χ2n) is 6.55. The van der Waals surface area contributed by atoms with Crippen molar-refractivity contribution >= 4 is 39.0 Å². The van der Waals surface area contributed by atoms with Crippen LogP contribution in [-0.2, 0) is 18.2 Å². The molecule has 146 valence electrons. The van der Waals surface area contributed by atoms with Crippen LogP contribution < -0.4 is 11.0 Å². The first-order valence-electron chi connectivity index (χ1n) is 7.42. The molecule has 0 saturated carbocycles. The Morgan fingerprint density at radius 1 is 0.792 bits per heavy atom. The SMILES string of the molecule is CC(C)(CCSCCSCCC(C)(C)OP(N)(=O)O)OP(N)(=O)O. The van der Waals surface area contributed by atoms with Gasteiger partial charge in [0.05, 0.1) is 11.2 Å². The number of thioether (sulfide) groups is 2. The van der Waals surface area contributed by atoms with E-state index in [0.29, 0.717) is 12.8 Å². The highest BCUT2D eigenvalue weighted by Gasteiger charge is 2.28. The van der Waals surface area contributed by atoms with E-state index < -0.39 is 26.7 Å². The van der Waals surface area contributed by atoms with Gasteiger partial charge < -0.3 is 9.79 Å². The molecule has 0 bridgehead atoms. The molecule has 12 heteroatoms. The molecule has 0 aromatic heterocycles. The van der Waals surface area contributed by atoms with Gasteiger partial charge in [-0.25, -0.2) is 20.1 Å². The quantitative estimate of drug-likeness (QED) is 0.257. The highest BCUT2D eigenvalue weighted by atomic mass is 32.2. The summed E-state index contributed by atoms with van der Waals surface area (Å²) >= 11 is 3.45. The van der Waals surface area contributed by atoms with Crippen LogP contribution in [0.4, 0.5) is 0 Å². The summed E-state index contributed by atoms with van der Waals surface area (Å²) < 4.78 is 32.0. The Morgan fingerprint density at radius 3 is 1.33 bits per heavy atom. The predicted molar refractivity (Wildman–Crippen MR) is 102 cm³/mol. The Bertz CT molecular complexity index is 424. The molecule has 0 saturated heterocycles. The van der Waals surface area contributed by atoms with Crippen molar-refractivity contribution < 1.29 is 28.0 Å². The molecule has 0 heterocycles. The number of hydrogen-bond acceptors (Lipinski definition) is 6. The molecule has 0 rings (SSSR count). The summed E-state index contributed by atoms with van der Waals surface area (Å²) in [7, 11) is -7.92. The summed E-state index contributed by atoms with van der Waals surface area (Å²) in [6.07, 6.45) is 1.24. The van der Waals surface area contributed by atoms with Crippen molar-refractivity contribution in [1.29, 1.82) is 0 Å². The van der Waals surface area contributed by atoms with Crippen molar-refractivity contribution in [2.75, 3.05) is 23.0 Å². The van der Waals surface area contributed by atoms with Gasteiger partial charge in [0, 0.05) is 11.5 Å². The van der Waals surface area contributed by atoms with Crippen molar-refractivity contribution in [3.8, 4) is 0 Å². The summed E-state index contributed by atoms with van der Waals surface area (Å²) in [5.74, 6) is 3.44. The van der Waals surface area contributed by atoms with E-state index >= 15 is 0 Å². The minimum Gasteiger partial charge on any atom is -0.313 e. The fourth-order valence-electron chi connectivity index (χ4n) is 1.76. The Kier molecular flexibility index (Phi) is 10.7. The van der Waals surface area contributed by atoms with Crippen LogP contribution in [0.5, 0.6) is 0 Å². The summed E-state index contributed by atoms with van der Waals surface area (Å²) in [5, 5.41) is 0. The Hall–Kier alpha value is 0.920. The lowest BCUT2D eigenvalue weighted by atomic mass is 10.1. The third-order valence-corrected chi connectivity index (χ3v) is 6.57. The zero-order valence-corrected chi connectivity index (χ0v) is 18.1. The largest absolute Gasteiger partial charge is 0.400 e. The van der Waals surface area contributed by atoms with Gasteiger partial charge in [0.2, 0.25) is 0 Å². The first kappa shape index (κ1) is 24.9. The average molecular weight is 424 g/mol. The van der Waals surface area contributed by atoms with E-state index in [2.05, 4.69) is 0 Å². The highest BCUT2D eigenvalue weighted by molar-refractivity contribution is 8.02. The first-order chi connectivity index (χ1) is 10.6. The van der Waals surface area contributed by atoms with E-state index in [0.717, 1.165) is 23.0 Å². The standard InChI is InChI=1S/C12H30N2O6P2S2/c1-11(2,19-21(13,15)16)5-7-23-9-10-24-8-6-12(3,4)20-22(14,17)18/h5-10H2,1-4H3,(H3,13,15,16)(H3,14,17,18). The van der Waals surface area contributed by atoms with Gasteiger partial charge in [-0.2, -0.15) is 23.5 Å². The van der Waals surface area contributed by atoms with E-state index in [1.165, 1.54) is 0 Å². The average Bonchev–Trinajstić information content (AvgIpc) is 2.25. The third kappa shape index (κ3) is 16.4. The van der Waals surface area contributed by atoms with Gasteiger partial charge >= 0.3 is 15.5 Å². The van der Waals surface area contributed by atoms with Gasteiger partial charge in [0.1, 0.15) is 0 Å². The molecule has 0 aromatic carbocycles. The molecule has 0 spiro atoms. The van der Waals surface area contributed by atoms with Gasteiger partial charge in [0.25, 0.3) is 0 Å². The van der Waals surface area contributed by atoms with E-state index in [1.54, 1.807) is 51.2 Å². The van der Waals surface area contributed by atoms with Crippen LogP contribution in [0.1, 0.15) is 40.5 Å². The highest BCUT2D eigenvalue weighted by Crippen LogP contribution is 2.40. The number of hydrogen-bond donors (Lipinski definition) is 4. The molecule has 2 unspecified atom stereocenters. The summed E-state index contributed by atoms with van der Waals surface area (Å²) in [4.78, 5) is 18.1. The third-order valence-electron chi connectivity index (χ3n) is 2.82. The van der Waals surface area contributed by atoms with Crippen LogP contribution in [0.2, 0.25) is 0 Å². The van der Waals surface area contributed by atoms with Crippen LogP contribution in [0.25, 0.3) is 0 Å². The maximum absolute atomic E-state index is 11.1. The first-order valence-corrected chi connectivity index (χ1v) is 13.0. The molecule has 0 fully saturated rings. The predicted octanol–water partition coefficient (Wildman–Crippen LogP) is 2.94. The van der Waals surface area contributed by atoms with Crippen LogP contribution in [-0.4, -0.2) is 44.0 Å². The molecule has 2 atom stereocenters. The molecule has 8 nitrogen and oxygen atoms in total. The van der Waals surface area contributed by atoms with Gasteiger partial charge in [-0.05, 0) is 52.0 Å². The van der Waals surface area contributed by atoms with Crippen LogP contribution in [0, 0.1) is 0 Å². The zero-order chi connectivity index (χ0) is 19.1. The molecular formula is C12H30N2O6P2S2. The smallest absolute Gasteiger partial charge is 0.313 e. The Balaban J connectivity index is 3.75. The van der Waals surface area contributed by atoms with Gasteiger partial charge in [-0.1, -0.05) is 0 Å². The van der Waals surface area contributed by atoms with Gasteiger partial charge in [-0.15, -0.1) is 0 Å². The zero-order valence-electron chi connectivity index (χ0n) is 14.6. The molecular weight excluding hydrogens is 394 g/mol. The molecule has 0 aliphatic heterocycles. The minimum absolute atomic E-state index is 0.618. The fourth-order valence-corrected chi connectivity index (χ4v) is 5.98. The fraction of sp³-hybridized carbons (Fsp3) is 1.00. The van der Waals surface area contributed by atoms with Crippen molar-refractivity contribution in [3.05, 3.63) is 0 Å². The molecule has 0 radical (unpaired) electrons. The van der Waals surface area contributed by atoms with E-state index in [-0.39, 0.29) is 0 Å². The van der Waals surface area contributed by atoms with E-state index in [1.807, 2.05) is 0 Å². The number of rotatable bonds is 13. The lowest BCUT2D eigenvalue weighted by Gasteiger charge is -2.26. The Morgan fingerprint density at radius 2 is 1.08 bits per heavy atom. The molecule has 24 heavy (non-hydrogen) atoms. The molecule has 0 aromatic rings. The van der Waals surface area contributed by atoms with E-state index in [9.17, 15) is 9.13 Å². The molecule has 0 aliphatic rings. The van der Waals surface area contributed by atoms with E-state index in [4.69, 9.17) is 29.8 Å². The normalized spacial score (nSPS) is 18.2. The van der Waals surface area contributed by atoms with Crippen LogP contribution in [0.3, 0.4) is 0 Å². The lowest BCUT2D eigenvalue weighted by Crippen LogP contribution is -2.25. The monoisotopic (exact) mass is 424 g/mol. The Labute approximate surface area is 153 Å². The summed E-state index contributed by atoms with van der Waals surface area (Å²) in [6, 6.07) is 0. The van der Waals surface area contributed by atoms with Gasteiger partial charge in [0.15, 0.2) is 0 Å². The maximum Gasteiger partial charge on any atom is 0.400 e. The van der Waals surface area contributed by atoms with Crippen molar-refractivity contribution in [2.45, 2.75) is 51.7 Å². The number of nitrogens with two attached hydrogens (primary N) is 2. The van der Waals surface area contributed by atoms with Crippen molar-refractivity contribution in [2.24, 2.45) is 11.0 Å². The maximum atomic E-state index is 11.1. The topological polar surface area (TPSA) is 145 Å². The van der Waals surface area contributed by atoms with Crippen molar-refractivity contribution in [1.82, 2.24) is 0 Å². The van der Waals surface area contributed by atoms with Crippen LogP contribution >= 0.6 is 39.0 Å². The second-order valence-corrected chi connectivity index (χ2v) is 11.6. The van der Waals surface area contributed by atoms with Crippen LogP contribution in [0.15, 0.2) is 0 Å². The molecule has 0 amide bonds. The van der Waals surface area contributed by atoms with Crippen molar-refractivity contribution in [3.63, 3.8) is 0 Å². The summed E-state index contributed by atoms with van der Waals surface area (Å²) in [5.41, 5.74) is 8.55. The molecule has 6 N–H and O–H groups in total. The second kappa shape index (κ2) is 10.3.